The SMILES string of the molecule is CC(Nc1ncc(Br)cn1)c1cccc(C#N)c1. The molecule has 0 aliphatic carbocycles. The maximum Gasteiger partial charge on any atom is 0.223 e. The maximum atomic E-state index is 8.86. The molecule has 0 fully saturated rings. The minimum atomic E-state index is 0.0412. The van der Waals surface area contributed by atoms with E-state index in [1.807, 2.05) is 25.1 Å². The van der Waals surface area contributed by atoms with Crippen molar-refractivity contribution in [2.24, 2.45) is 0 Å². The highest BCUT2D eigenvalue weighted by Gasteiger charge is 2.07. The summed E-state index contributed by atoms with van der Waals surface area (Å²) in [6.45, 7) is 2.00. The van der Waals surface area contributed by atoms with Crippen molar-refractivity contribution >= 4 is 21.9 Å². The minimum Gasteiger partial charge on any atom is -0.348 e. The number of aromatic nitrogens is 2. The number of rotatable bonds is 3. The van der Waals surface area contributed by atoms with Gasteiger partial charge in [0.25, 0.3) is 0 Å². The molecule has 0 aliphatic rings. The van der Waals surface area contributed by atoms with Gasteiger partial charge in [0.2, 0.25) is 5.95 Å². The molecule has 5 heteroatoms. The van der Waals surface area contributed by atoms with Crippen LogP contribution in [-0.4, -0.2) is 9.97 Å². The normalized spacial score (nSPS) is 11.6. The molecule has 1 atom stereocenters. The molecule has 0 saturated heterocycles. The highest BCUT2D eigenvalue weighted by Crippen LogP contribution is 2.18. The Morgan fingerprint density at radius 2 is 2.06 bits per heavy atom. The Kier molecular flexibility index (Phi) is 3.90. The predicted octanol–water partition coefficient (Wildman–Crippen LogP) is 3.28. The van der Waals surface area contributed by atoms with Gasteiger partial charge in [-0.1, -0.05) is 12.1 Å². The smallest absolute Gasteiger partial charge is 0.223 e. The molecule has 0 radical (unpaired) electrons. The Balaban J connectivity index is 2.14. The zero-order valence-electron chi connectivity index (χ0n) is 9.76. The molecule has 0 spiro atoms. The van der Waals surface area contributed by atoms with Crippen LogP contribution >= 0.6 is 15.9 Å². The quantitative estimate of drug-likeness (QED) is 0.945. The average molecular weight is 303 g/mol. The molecule has 1 heterocycles. The standard InChI is InChI=1S/C13H11BrN4/c1-9(11-4-2-3-10(5-11)6-15)18-13-16-7-12(14)8-17-13/h2-5,7-9H,1H3,(H,16,17,18). The molecule has 2 rings (SSSR count). The topological polar surface area (TPSA) is 61.6 Å². The van der Waals surface area contributed by atoms with Crippen molar-refractivity contribution in [3.63, 3.8) is 0 Å². The molecule has 2 aromatic rings. The van der Waals surface area contributed by atoms with Gasteiger partial charge in [0.1, 0.15) is 0 Å². The van der Waals surface area contributed by atoms with Gasteiger partial charge in [-0.15, -0.1) is 0 Å². The van der Waals surface area contributed by atoms with Crippen LogP contribution in [0.4, 0.5) is 5.95 Å². The van der Waals surface area contributed by atoms with Crippen molar-refractivity contribution in [3.8, 4) is 6.07 Å². The predicted molar refractivity (Wildman–Crippen MR) is 72.9 cm³/mol. The third-order valence-corrected chi connectivity index (χ3v) is 2.89. The molecule has 4 nitrogen and oxygen atoms in total. The third-order valence-electron chi connectivity index (χ3n) is 2.48. The summed E-state index contributed by atoms with van der Waals surface area (Å²) in [5, 5.41) is 12.0. The lowest BCUT2D eigenvalue weighted by atomic mass is 10.1. The van der Waals surface area contributed by atoms with Gasteiger partial charge in [0, 0.05) is 12.4 Å². The molecular weight excluding hydrogens is 292 g/mol. The zero-order valence-corrected chi connectivity index (χ0v) is 11.3. The summed E-state index contributed by atoms with van der Waals surface area (Å²) in [5.74, 6) is 0.563. The van der Waals surface area contributed by atoms with E-state index in [-0.39, 0.29) is 6.04 Å². The molecule has 0 bridgehead atoms. The van der Waals surface area contributed by atoms with Gasteiger partial charge >= 0.3 is 0 Å². The fraction of sp³-hybridized carbons (Fsp3) is 0.154. The van der Waals surface area contributed by atoms with Crippen LogP contribution < -0.4 is 5.32 Å². The van der Waals surface area contributed by atoms with E-state index >= 15 is 0 Å². The minimum absolute atomic E-state index is 0.0412. The molecule has 1 unspecified atom stereocenters. The highest BCUT2D eigenvalue weighted by molar-refractivity contribution is 9.10. The summed E-state index contributed by atoms with van der Waals surface area (Å²) in [4.78, 5) is 8.30. The third kappa shape index (κ3) is 3.05. The number of halogens is 1. The molecule has 1 N–H and O–H groups in total. The Bertz CT molecular complexity index is 574. The summed E-state index contributed by atoms with van der Waals surface area (Å²) in [6, 6.07) is 9.65. The van der Waals surface area contributed by atoms with Crippen LogP contribution in [0.5, 0.6) is 0 Å². The molecule has 0 saturated carbocycles. The van der Waals surface area contributed by atoms with Gasteiger partial charge in [-0.2, -0.15) is 5.26 Å². The lowest BCUT2D eigenvalue weighted by Crippen LogP contribution is -2.09. The molecule has 18 heavy (non-hydrogen) atoms. The van der Waals surface area contributed by atoms with Gasteiger partial charge in [0.05, 0.1) is 22.1 Å². The summed E-state index contributed by atoms with van der Waals surface area (Å²) >= 11 is 3.29. The number of nitriles is 1. The van der Waals surface area contributed by atoms with Crippen LogP contribution in [0, 0.1) is 11.3 Å². The second kappa shape index (κ2) is 5.61. The number of benzene rings is 1. The van der Waals surface area contributed by atoms with Gasteiger partial charge in [-0.25, -0.2) is 9.97 Å². The van der Waals surface area contributed by atoms with E-state index in [2.05, 4.69) is 37.3 Å². The van der Waals surface area contributed by atoms with Crippen molar-refractivity contribution in [1.29, 1.82) is 5.26 Å². The Morgan fingerprint density at radius 1 is 1.33 bits per heavy atom. The first kappa shape index (κ1) is 12.5. The highest BCUT2D eigenvalue weighted by atomic mass is 79.9. The second-order valence-electron chi connectivity index (χ2n) is 3.83. The van der Waals surface area contributed by atoms with Crippen molar-refractivity contribution in [3.05, 3.63) is 52.3 Å². The fourth-order valence-corrected chi connectivity index (χ4v) is 1.75. The van der Waals surface area contributed by atoms with E-state index in [1.165, 1.54) is 0 Å². The number of hydrogen-bond donors (Lipinski definition) is 1. The van der Waals surface area contributed by atoms with E-state index in [4.69, 9.17) is 5.26 Å². The van der Waals surface area contributed by atoms with Crippen LogP contribution in [0.3, 0.4) is 0 Å². The van der Waals surface area contributed by atoms with Gasteiger partial charge < -0.3 is 5.32 Å². The van der Waals surface area contributed by atoms with Crippen LogP contribution in [0.2, 0.25) is 0 Å². The molecule has 0 amide bonds. The first-order valence-corrected chi connectivity index (χ1v) is 6.22. The van der Waals surface area contributed by atoms with Crippen molar-refractivity contribution < 1.29 is 0 Å². The molecule has 1 aromatic heterocycles. The van der Waals surface area contributed by atoms with E-state index in [0.29, 0.717) is 11.5 Å². The summed E-state index contributed by atoms with van der Waals surface area (Å²) in [7, 11) is 0. The van der Waals surface area contributed by atoms with Crippen LogP contribution in [-0.2, 0) is 0 Å². The molecule has 90 valence electrons. The molecular formula is C13H11BrN4. The first-order chi connectivity index (χ1) is 8.69. The number of anilines is 1. The van der Waals surface area contributed by atoms with Crippen molar-refractivity contribution in [2.75, 3.05) is 5.32 Å². The number of hydrogen-bond acceptors (Lipinski definition) is 4. The Morgan fingerprint density at radius 3 is 2.72 bits per heavy atom. The van der Waals surface area contributed by atoms with E-state index in [0.717, 1.165) is 10.0 Å². The lowest BCUT2D eigenvalue weighted by molar-refractivity contribution is 0.859. The van der Waals surface area contributed by atoms with Crippen molar-refractivity contribution in [1.82, 2.24) is 9.97 Å². The van der Waals surface area contributed by atoms with Crippen LogP contribution in [0.1, 0.15) is 24.1 Å². The summed E-state index contributed by atoms with van der Waals surface area (Å²) < 4.78 is 0.840. The van der Waals surface area contributed by atoms with Gasteiger partial charge in [-0.05, 0) is 40.5 Å². The second-order valence-corrected chi connectivity index (χ2v) is 4.74. The van der Waals surface area contributed by atoms with Gasteiger partial charge in [-0.3, -0.25) is 0 Å². The summed E-state index contributed by atoms with van der Waals surface area (Å²) in [6.07, 6.45) is 3.38. The monoisotopic (exact) mass is 302 g/mol. The number of nitrogens with one attached hydrogen (secondary N) is 1. The summed E-state index contributed by atoms with van der Waals surface area (Å²) in [5.41, 5.74) is 1.68. The fourth-order valence-electron chi connectivity index (χ4n) is 1.54. The van der Waals surface area contributed by atoms with Crippen LogP contribution in [0.15, 0.2) is 41.1 Å². The lowest BCUT2D eigenvalue weighted by Gasteiger charge is -2.14. The number of nitrogens with zero attached hydrogens (tertiary/aromatic N) is 3. The van der Waals surface area contributed by atoms with E-state index in [1.54, 1.807) is 18.5 Å². The van der Waals surface area contributed by atoms with Gasteiger partial charge in [0.15, 0.2) is 0 Å². The molecule has 0 aliphatic heterocycles. The van der Waals surface area contributed by atoms with E-state index < -0.39 is 0 Å². The largest absolute Gasteiger partial charge is 0.348 e. The maximum absolute atomic E-state index is 8.86. The first-order valence-electron chi connectivity index (χ1n) is 5.43. The van der Waals surface area contributed by atoms with Crippen molar-refractivity contribution in [2.45, 2.75) is 13.0 Å². The average Bonchev–Trinajstić information content (AvgIpc) is 2.41. The molecule has 1 aromatic carbocycles. The Hall–Kier alpha value is -1.93. The van der Waals surface area contributed by atoms with E-state index in [9.17, 15) is 0 Å². The van der Waals surface area contributed by atoms with Crippen LogP contribution in [0.25, 0.3) is 0 Å². The Labute approximate surface area is 114 Å². The zero-order chi connectivity index (χ0) is 13.0.